The second-order valence-corrected chi connectivity index (χ2v) is 13.7. The number of rotatable bonds is 17. The molecule has 0 aromatic heterocycles. The number of benzene rings is 6. The van der Waals surface area contributed by atoms with Crippen molar-refractivity contribution >= 4 is 12.2 Å². The van der Waals surface area contributed by atoms with E-state index in [0.29, 0.717) is 6.61 Å². The van der Waals surface area contributed by atoms with E-state index in [2.05, 4.69) is 43.0 Å². The lowest BCUT2D eigenvalue weighted by Crippen LogP contribution is -2.62. The van der Waals surface area contributed by atoms with Crippen molar-refractivity contribution in [3.8, 4) is 0 Å². The number of cyclic esters (lactones) is 1. The summed E-state index contributed by atoms with van der Waals surface area (Å²) in [6.45, 7) is 4.86. The zero-order chi connectivity index (χ0) is 38.4. The highest BCUT2D eigenvalue weighted by molar-refractivity contribution is 5.71. The summed E-state index contributed by atoms with van der Waals surface area (Å²) < 4.78 is 27.5. The molecule has 0 N–H and O–H groups in total. The Hall–Kier alpha value is -6.05. The standard InChI is InChI=1S/C50H47NO5/c1-2-35-51-45(34-33-39-21-9-3-10-22-39)47(54-37-41-25-13-5-14-26-41)48(56-49(51)52)46(53-36-40-23-11-4-12-24-40)38-55-50(42-27-15-6-16-28-42,43-29-17-7-18-30-43)44-31-19-8-20-32-44/h2-34,45-48H,1,35-38H2/b34-33+/t45-,46+,47-,48-/m1/s1. The van der Waals surface area contributed by atoms with Crippen molar-refractivity contribution in [1.29, 1.82) is 0 Å². The minimum atomic E-state index is -1.03. The number of hydrogen-bond donors (Lipinski definition) is 0. The van der Waals surface area contributed by atoms with Crippen molar-refractivity contribution in [2.24, 2.45) is 0 Å². The van der Waals surface area contributed by atoms with Crippen LogP contribution in [0.25, 0.3) is 6.08 Å². The highest BCUT2D eigenvalue weighted by Crippen LogP contribution is 2.41. The Morgan fingerprint density at radius 1 is 0.643 bits per heavy atom. The van der Waals surface area contributed by atoms with Crippen LogP contribution in [0.15, 0.2) is 201 Å². The van der Waals surface area contributed by atoms with Crippen LogP contribution in [0.4, 0.5) is 4.79 Å². The Labute approximate surface area is 330 Å². The van der Waals surface area contributed by atoms with Gasteiger partial charge in [0.2, 0.25) is 0 Å². The lowest BCUT2D eigenvalue weighted by Gasteiger charge is -2.46. The molecule has 0 unspecified atom stereocenters. The van der Waals surface area contributed by atoms with Gasteiger partial charge in [-0.25, -0.2) is 4.79 Å². The van der Waals surface area contributed by atoms with Gasteiger partial charge < -0.3 is 18.9 Å². The van der Waals surface area contributed by atoms with Crippen LogP contribution in [-0.4, -0.2) is 48.5 Å². The maximum absolute atomic E-state index is 14.2. The third-order valence-corrected chi connectivity index (χ3v) is 10.1. The molecule has 1 aliphatic rings. The van der Waals surface area contributed by atoms with E-state index >= 15 is 0 Å². The average molecular weight is 742 g/mol. The number of carbonyl (C=O) groups excluding carboxylic acids is 1. The lowest BCUT2D eigenvalue weighted by molar-refractivity contribution is -0.182. The molecule has 1 fully saturated rings. The van der Waals surface area contributed by atoms with Gasteiger partial charge in [-0.1, -0.05) is 200 Å². The van der Waals surface area contributed by atoms with Crippen LogP contribution >= 0.6 is 0 Å². The molecular formula is C50H47NO5. The highest BCUT2D eigenvalue weighted by Gasteiger charge is 2.48. The third kappa shape index (κ3) is 9.07. The smallest absolute Gasteiger partial charge is 0.411 e. The molecule has 1 heterocycles. The summed E-state index contributed by atoms with van der Waals surface area (Å²) >= 11 is 0. The van der Waals surface area contributed by atoms with Gasteiger partial charge in [0.15, 0.2) is 6.10 Å². The van der Waals surface area contributed by atoms with Crippen LogP contribution in [0.3, 0.4) is 0 Å². The first-order valence-electron chi connectivity index (χ1n) is 19.1. The van der Waals surface area contributed by atoms with Crippen molar-refractivity contribution in [3.63, 3.8) is 0 Å². The number of amides is 1. The van der Waals surface area contributed by atoms with Crippen molar-refractivity contribution < 1.29 is 23.7 Å². The number of hydrogen-bond acceptors (Lipinski definition) is 5. The first kappa shape index (κ1) is 38.2. The normalized spacial score (nSPS) is 17.7. The van der Waals surface area contributed by atoms with Gasteiger partial charge in [-0.15, -0.1) is 6.58 Å². The zero-order valence-electron chi connectivity index (χ0n) is 31.4. The van der Waals surface area contributed by atoms with E-state index in [1.807, 2.05) is 158 Å². The van der Waals surface area contributed by atoms with E-state index in [1.165, 1.54) is 0 Å². The highest BCUT2D eigenvalue weighted by atomic mass is 16.6. The van der Waals surface area contributed by atoms with Gasteiger partial charge in [-0.05, 0) is 33.4 Å². The van der Waals surface area contributed by atoms with E-state index in [1.54, 1.807) is 11.0 Å². The van der Waals surface area contributed by atoms with Gasteiger partial charge in [-0.3, -0.25) is 4.90 Å². The van der Waals surface area contributed by atoms with Crippen molar-refractivity contribution in [2.75, 3.05) is 13.2 Å². The topological polar surface area (TPSA) is 57.2 Å². The van der Waals surface area contributed by atoms with Crippen LogP contribution < -0.4 is 0 Å². The summed E-state index contributed by atoms with van der Waals surface area (Å²) in [4.78, 5) is 15.8. The molecule has 7 rings (SSSR count). The SMILES string of the molecule is C=CCN1C(=O)O[C@H]([C@H](COC(c2ccccc2)(c2ccccc2)c2ccccc2)OCc2ccccc2)[C@H](OCc2ccccc2)[C@H]1/C=C/c1ccccc1. The summed E-state index contributed by atoms with van der Waals surface area (Å²) in [5.74, 6) is 0. The molecule has 282 valence electrons. The molecule has 0 saturated carbocycles. The fourth-order valence-corrected chi connectivity index (χ4v) is 7.31. The molecule has 1 saturated heterocycles. The predicted octanol–water partition coefficient (Wildman–Crippen LogP) is 10.3. The second-order valence-electron chi connectivity index (χ2n) is 13.7. The van der Waals surface area contributed by atoms with Gasteiger partial charge in [0.25, 0.3) is 0 Å². The second kappa shape index (κ2) is 19.0. The number of ether oxygens (including phenoxy) is 4. The summed E-state index contributed by atoms with van der Waals surface area (Å²) in [5.41, 5.74) is 4.82. The van der Waals surface area contributed by atoms with E-state index in [-0.39, 0.29) is 19.8 Å². The summed E-state index contributed by atoms with van der Waals surface area (Å²) in [6, 6.07) is 60.2. The first-order valence-corrected chi connectivity index (χ1v) is 19.1. The summed E-state index contributed by atoms with van der Waals surface area (Å²) in [7, 11) is 0. The Balaban J connectivity index is 1.32. The van der Waals surface area contributed by atoms with Gasteiger partial charge in [0.1, 0.15) is 17.8 Å². The minimum Gasteiger partial charge on any atom is -0.440 e. The van der Waals surface area contributed by atoms with Gasteiger partial charge in [0.05, 0.1) is 25.9 Å². The quantitative estimate of drug-likeness (QED) is 0.0688. The monoisotopic (exact) mass is 741 g/mol. The summed E-state index contributed by atoms with van der Waals surface area (Å²) in [5, 5.41) is 0. The maximum atomic E-state index is 14.2. The molecule has 0 bridgehead atoms. The van der Waals surface area contributed by atoms with Crippen LogP contribution in [0.1, 0.15) is 33.4 Å². The van der Waals surface area contributed by atoms with E-state index in [4.69, 9.17) is 18.9 Å². The Morgan fingerprint density at radius 2 is 1.11 bits per heavy atom. The largest absolute Gasteiger partial charge is 0.440 e. The molecule has 1 aliphatic heterocycles. The Bertz CT molecular complexity index is 2020. The van der Waals surface area contributed by atoms with E-state index < -0.39 is 36.0 Å². The Morgan fingerprint density at radius 3 is 1.61 bits per heavy atom. The molecule has 6 nitrogen and oxygen atoms in total. The van der Waals surface area contributed by atoms with Crippen molar-refractivity contribution in [2.45, 2.75) is 43.2 Å². The maximum Gasteiger partial charge on any atom is 0.411 e. The summed E-state index contributed by atoms with van der Waals surface area (Å²) in [6.07, 6.45) is 3.01. The lowest BCUT2D eigenvalue weighted by atomic mass is 9.80. The van der Waals surface area contributed by atoms with Gasteiger partial charge in [0, 0.05) is 6.54 Å². The van der Waals surface area contributed by atoms with Crippen LogP contribution in [0.2, 0.25) is 0 Å². The Kier molecular flexibility index (Phi) is 13.0. The minimum absolute atomic E-state index is 0.0608. The molecule has 4 atom stereocenters. The fraction of sp³-hybridized carbons (Fsp3) is 0.180. The molecular weight excluding hydrogens is 695 g/mol. The molecule has 6 aromatic carbocycles. The zero-order valence-corrected chi connectivity index (χ0v) is 31.4. The van der Waals surface area contributed by atoms with E-state index in [0.717, 1.165) is 33.4 Å². The molecule has 1 amide bonds. The van der Waals surface area contributed by atoms with Gasteiger partial charge >= 0.3 is 6.09 Å². The average Bonchev–Trinajstić information content (AvgIpc) is 3.27. The molecule has 0 aliphatic carbocycles. The van der Waals surface area contributed by atoms with Crippen LogP contribution in [0, 0.1) is 0 Å². The molecule has 6 heteroatoms. The fourth-order valence-electron chi connectivity index (χ4n) is 7.31. The number of nitrogens with zero attached hydrogens (tertiary/aromatic N) is 1. The van der Waals surface area contributed by atoms with Crippen LogP contribution in [0.5, 0.6) is 0 Å². The van der Waals surface area contributed by atoms with Crippen molar-refractivity contribution in [3.05, 3.63) is 234 Å². The van der Waals surface area contributed by atoms with Crippen molar-refractivity contribution in [1.82, 2.24) is 4.90 Å². The first-order chi connectivity index (χ1) is 27.7. The predicted molar refractivity (Wildman–Crippen MR) is 222 cm³/mol. The van der Waals surface area contributed by atoms with Crippen LogP contribution in [-0.2, 0) is 37.8 Å². The van der Waals surface area contributed by atoms with Gasteiger partial charge in [-0.2, -0.15) is 0 Å². The number of carbonyl (C=O) groups is 1. The molecule has 6 aromatic rings. The molecule has 56 heavy (non-hydrogen) atoms. The molecule has 0 spiro atoms. The van der Waals surface area contributed by atoms with E-state index in [9.17, 15) is 4.79 Å². The third-order valence-electron chi connectivity index (χ3n) is 10.1. The molecule has 0 radical (unpaired) electrons.